The number of carbonyl (C=O) groups excluding carboxylic acids is 6. The van der Waals surface area contributed by atoms with Crippen LogP contribution in [-0.4, -0.2) is 105 Å². The molecule has 3 fully saturated rings. The summed E-state index contributed by atoms with van der Waals surface area (Å²) in [5, 5.41) is 40.2. The molecule has 1 saturated heterocycles. The molecule has 3 aliphatic carbocycles. The first kappa shape index (κ1) is 44.3. The van der Waals surface area contributed by atoms with Gasteiger partial charge in [-0.25, -0.2) is 9.59 Å². The van der Waals surface area contributed by atoms with Gasteiger partial charge in [-0.15, -0.1) is 0 Å². The zero-order chi connectivity index (χ0) is 44.9. The number of nitrogens with one attached hydrogen (secondary N) is 1. The van der Waals surface area contributed by atoms with Crippen LogP contribution in [0.25, 0.3) is 0 Å². The minimum atomic E-state index is -2.39. The van der Waals surface area contributed by atoms with Crippen LogP contribution in [0, 0.1) is 16.7 Å². The van der Waals surface area contributed by atoms with Crippen LogP contribution >= 0.6 is 0 Å². The van der Waals surface area contributed by atoms with Crippen molar-refractivity contribution in [1.29, 1.82) is 0 Å². The number of Topliss-reactive ketones (excluding diaryl/α,β-unsaturated/α-hetero) is 1. The molecule has 0 aromatic heterocycles. The van der Waals surface area contributed by atoms with E-state index < -0.39 is 113 Å². The summed E-state index contributed by atoms with van der Waals surface area (Å²) in [5.74, 6) is -6.84. The molecule has 7 rings (SSSR count). The van der Waals surface area contributed by atoms with E-state index in [4.69, 9.17) is 23.7 Å². The van der Waals surface area contributed by atoms with E-state index in [9.17, 15) is 39.3 Å². The van der Waals surface area contributed by atoms with Gasteiger partial charge in [-0.1, -0.05) is 80.6 Å². The van der Waals surface area contributed by atoms with E-state index in [-0.39, 0.29) is 35.3 Å². The zero-order valence-corrected chi connectivity index (χ0v) is 35.2. The summed E-state index contributed by atoms with van der Waals surface area (Å²) in [7, 11) is 0. The van der Waals surface area contributed by atoms with Crippen molar-refractivity contribution < 1.29 is 67.8 Å². The van der Waals surface area contributed by atoms with Gasteiger partial charge in [0.05, 0.1) is 35.6 Å². The van der Waals surface area contributed by atoms with Crippen molar-refractivity contribution in [3.63, 3.8) is 0 Å². The first-order valence-electron chi connectivity index (χ1n) is 20.5. The quantitative estimate of drug-likeness (QED) is 0.130. The molecule has 3 aromatic carbocycles. The fourth-order valence-electron chi connectivity index (χ4n) is 10.2. The minimum Gasteiger partial charge on any atom is -0.456 e. The Morgan fingerprint density at radius 1 is 0.823 bits per heavy atom. The molecule has 2 bridgehead atoms. The highest BCUT2D eigenvalue weighted by molar-refractivity contribution is 5.96. The van der Waals surface area contributed by atoms with Crippen LogP contribution in [0.5, 0.6) is 0 Å². The van der Waals surface area contributed by atoms with Crippen LogP contribution in [0.1, 0.15) is 86.7 Å². The molecule has 4 aliphatic rings. The van der Waals surface area contributed by atoms with E-state index in [1.165, 1.54) is 26.0 Å². The van der Waals surface area contributed by atoms with Crippen molar-refractivity contribution in [2.75, 3.05) is 6.61 Å². The number of carbonyl (C=O) groups is 6. The molecule has 11 atom stereocenters. The summed E-state index contributed by atoms with van der Waals surface area (Å²) in [6, 6.07) is 22.9. The van der Waals surface area contributed by atoms with Crippen molar-refractivity contribution in [2.24, 2.45) is 16.7 Å². The average molecular weight is 854 g/mol. The van der Waals surface area contributed by atoms with Crippen LogP contribution < -0.4 is 5.32 Å². The Hall–Kier alpha value is -5.74. The second-order valence-corrected chi connectivity index (χ2v) is 17.4. The smallest absolute Gasteiger partial charge is 0.338 e. The normalized spacial score (nSPS) is 31.9. The van der Waals surface area contributed by atoms with Crippen LogP contribution in [0.2, 0.25) is 0 Å². The molecule has 1 amide bonds. The number of fused-ring (bicyclic) bond motifs is 5. The highest BCUT2D eigenvalue weighted by atomic mass is 16.6. The highest BCUT2D eigenvalue weighted by Gasteiger charge is 2.78. The first-order valence-corrected chi connectivity index (χ1v) is 20.5. The van der Waals surface area contributed by atoms with Gasteiger partial charge in [0.25, 0.3) is 5.91 Å². The van der Waals surface area contributed by atoms with Crippen molar-refractivity contribution >= 4 is 35.6 Å². The molecule has 3 aromatic rings. The summed E-state index contributed by atoms with van der Waals surface area (Å²) in [6.07, 6.45) is -10.5. The second-order valence-electron chi connectivity index (χ2n) is 17.4. The SMILES string of the molecule is CC(=O)O[C@H]1C(=O)[C@]2(C)[C@H](O)C[C@@H]3OC[C@]3(OC(C)=O)[C@H]2[C@@H](OC(=O)c2ccccc2)[C@@]2(O)C[C@@H](OC(=O)[C@H](O)[C@H](NC(=O)c3ccccc3)c3ccccc3)C(C)=C1C2(C)C. The Balaban J connectivity index is 1.39. The molecule has 1 aliphatic heterocycles. The van der Waals surface area contributed by atoms with Crippen molar-refractivity contribution in [2.45, 2.75) is 108 Å². The number of benzene rings is 3. The number of hydrogen-bond donors (Lipinski definition) is 4. The van der Waals surface area contributed by atoms with E-state index in [2.05, 4.69) is 5.32 Å². The number of rotatable bonds is 10. The Morgan fingerprint density at radius 3 is 1.95 bits per heavy atom. The zero-order valence-electron chi connectivity index (χ0n) is 35.2. The largest absolute Gasteiger partial charge is 0.456 e. The molecule has 4 N–H and O–H groups in total. The van der Waals surface area contributed by atoms with E-state index in [1.807, 2.05) is 0 Å². The predicted molar refractivity (Wildman–Crippen MR) is 218 cm³/mol. The molecular formula is C47H51NO14. The lowest BCUT2D eigenvalue weighted by atomic mass is 9.44. The third-order valence-electron chi connectivity index (χ3n) is 13.5. The van der Waals surface area contributed by atoms with Gasteiger partial charge in [0, 0.05) is 37.7 Å². The van der Waals surface area contributed by atoms with E-state index in [1.54, 1.807) is 92.7 Å². The molecule has 0 unspecified atom stereocenters. The summed E-state index contributed by atoms with van der Waals surface area (Å²) in [5.41, 5.74) is -7.02. The Morgan fingerprint density at radius 2 is 1.40 bits per heavy atom. The van der Waals surface area contributed by atoms with Gasteiger partial charge >= 0.3 is 23.9 Å². The van der Waals surface area contributed by atoms with Crippen molar-refractivity contribution in [1.82, 2.24) is 5.32 Å². The fraction of sp³-hybridized carbons (Fsp3) is 0.447. The lowest BCUT2D eigenvalue weighted by molar-refractivity contribution is -0.346. The number of ketones is 1. The minimum absolute atomic E-state index is 0.00289. The highest BCUT2D eigenvalue weighted by Crippen LogP contribution is 2.64. The molecule has 62 heavy (non-hydrogen) atoms. The van der Waals surface area contributed by atoms with Crippen LogP contribution in [0.15, 0.2) is 102 Å². The summed E-state index contributed by atoms with van der Waals surface area (Å²) in [4.78, 5) is 83.5. The maximum atomic E-state index is 15.5. The maximum Gasteiger partial charge on any atom is 0.338 e. The molecule has 328 valence electrons. The van der Waals surface area contributed by atoms with Gasteiger partial charge < -0.3 is 44.3 Å². The first-order chi connectivity index (χ1) is 29.3. The standard InChI is InChI=1S/C47H51NO14/c1-25-31(60-43(56)36(52)35(28-16-10-7-11-17-28)48-41(54)29-18-12-8-13-19-29)23-47(57)40(61-42(55)30-20-14-9-15-21-30)38-45(6,32(51)22-33-46(38,24-58-33)62-27(3)50)39(53)37(59-26(2)49)34(25)44(47,4)5/h7-21,31-33,35-38,40,51-52,57H,22-24H2,1-6H3,(H,48,54)/t31-,32-,33+,35-,36-,37-,38+,40-,45-,46-,47+/m1/s1. The van der Waals surface area contributed by atoms with Gasteiger partial charge in [0.1, 0.15) is 23.9 Å². The van der Waals surface area contributed by atoms with Gasteiger partial charge in [-0.3, -0.25) is 19.2 Å². The molecule has 1 heterocycles. The fourth-order valence-corrected chi connectivity index (χ4v) is 10.2. The van der Waals surface area contributed by atoms with Gasteiger partial charge in [-0.2, -0.15) is 0 Å². The molecule has 15 heteroatoms. The van der Waals surface area contributed by atoms with Crippen molar-refractivity contribution in [3.05, 3.63) is 119 Å². The second kappa shape index (κ2) is 16.5. The van der Waals surface area contributed by atoms with E-state index in [0.717, 1.165) is 13.8 Å². The lowest BCUT2D eigenvalue weighted by Crippen LogP contribution is -2.82. The molecule has 0 spiro atoms. The Kier molecular flexibility index (Phi) is 11.8. The molecular weight excluding hydrogens is 803 g/mol. The van der Waals surface area contributed by atoms with Gasteiger partial charge in [0.2, 0.25) is 0 Å². The monoisotopic (exact) mass is 853 g/mol. The Bertz CT molecular complexity index is 2280. The summed E-state index contributed by atoms with van der Waals surface area (Å²) < 4.78 is 30.3. The number of amides is 1. The van der Waals surface area contributed by atoms with Gasteiger partial charge in [0.15, 0.2) is 23.6 Å². The molecule has 0 radical (unpaired) electrons. The molecule has 2 saturated carbocycles. The van der Waals surface area contributed by atoms with E-state index >= 15 is 4.79 Å². The summed E-state index contributed by atoms with van der Waals surface area (Å²) >= 11 is 0. The number of aliphatic hydroxyl groups is 3. The lowest BCUT2D eigenvalue weighted by Gasteiger charge is -2.67. The van der Waals surface area contributed by atoms with Crippen molar-refractivity contribution in [3.8, 4) is 0 Å². The maximum absolute atomic E-state index is 15.5. The average Bonchev–Trinajstić information content (AvgIpc) is 3.24. The van der Waals surface area contributed by atoms with Crippen LogP contribution in [0.4, 0.5) is 0 Å². The number of esters is 4. The summed E-state index contributed by atoms with van der Waals surface area (Å²) in [6.45, 7) is 7.97. The predicted octanol–water partition coefficient (Wildman–Crippen LogP) is 3.74. The third kappa shape index (κ3) is 7.29. The van der Waals surface area contributed by atoms with Gasteiger partial charge in [-0.05, 0) is 54.8 Å². The van der Waals surface area contributed by atoms with E-state index in [0.29, 0.717) is 5.56 Å². The van der Waals surface area contributed by atoms with Crippen LogP contribution in [0.3, 0.4) is 0 Å². The molecule has 15 nitrogen and oxygen atoms in total. The topological polar surface area (TPSA) is 221 Å². The number of aliphatic hydroxyl groups excluding tert-OH is 2. The van der Waals surface area contributed by atoms with Crippen LogP contribution in [-0.2, 0) is 42.9 Å². The number of hydrogen-bond acceptors (Lipinski definition) is 14. The Labute approximate surface area is 358 Å². The third-order valence-corrected chi connectivity index (χ3v) is 13.5. The number of ether oxygens (including phenoxy) is 5.